The second kappa shape index (κ2) is 18.0. The van der Waals surface area contributed by atoms with E-state index in [0.717, 1.165) is 36.8 Å². The molecule has 0 atom stereocenters. The number of carbonyl (C=O) groups is 2. The van der Waals surface area contributed by atoms with Gasteiger partial charge in [-0.3, -0.25) is 0 Å². The van der Waals surface area contributed by atoms with Crippen molar-refractivity contribution in [2.75, 3.05) is 6.61 Å². The van der Waals surface area contributed by atoms with Crippen LogP contribution in [0.5, 0.6) is 23.0 Å². The molecule has 50 heavy (non-hydrogen) atoms. The zero-order chi connectivity index (χ0) is 35.3. The SMILES string of the molecule is CCCCCCOc1c(OC(=O)c2ccc(Cl)cc2)ccc(N=Nc2ccc(OC(=O)c3ccc(C)cc3)cc2)c1OCc1cccc(Cl)c1. The number of unbranched alkanes of at least 4 members (excludes halogenated alkanes) is 3. The minimum Gasteiger partial charge on any atom is -0.486 e. The second-order valence-electron chi connectivity index (χ2n) is 11.4. The molecule has 0 aliphatic rings. The van der Waals surface area contributed by atoms with Gasteiger partial charge >= 0.3 is 11.9 Å². The molecule has 0 heterocycles. The molecule has 5 rings (SSSR count). The highest BCUT2D eigenvalue weighted by Gasteiger charge is 2.22. The monoisotopic (exact) mass is 710 g/mol. The standard InChI is InChI=1S/C40H36Cl2N2O6/c1-3-4-5-6-24-47-38-36(50-40(46)30-14-16-31(41)17-15-30)23-22-35(37(38)48-26-28-8-7-9-32(42)25-28)44-43-33-18-20-34(21-19-33)49-39(45)29-12-10-27(2)11-13-29/h7-23,25H,3-6,24,26H2,1-2H3. The minimum absolute atomic E-state index is 0.130. The zero-order valence-electron chi connectivity index (χ0n) is 27.7. The number of rotatable bonds is 15. The Hall–Kier alpha value is -5.18. The van der Waals surface area contributed by atoms with Crippen molar-refractivity contribution in [3.63, 3.8) is 0 Å². The van der Waals surface area contributed by atoms with Crippen molar-refractivity contribution in [3.05, 3.63) is 141 Å². The van der Waals surface area contributed by atoms with Crippen molar-refractivity contribution in [2.24, 2.45) is 10.2 Å². The molecular formula is C40H36Cl2N2O6. The lowest BCUT2D eigenvalue weighted by atomic mass is 10.1. The van der Waals surface area contributed by atoms with Crippen LogP contribution in [-0.2, 0) is 6.61 Å². The van der Waals surface area contributed by atoms with E-state index in [1.54, 1.807) is 84.9 Å². The molecule has 0 saturated carbocycles. The number of aryl methyl sites for hydroxylation is 1. The summed E-state index contributed by atoms with van der Waals surface area (Å²) in [5.41, 5.74) is 3.48. The van der Waals surface area contributed by atoms with E-state index < -0.39 is 11.9 Å². The largest absolute Gasteiger partial charge is 0.486 e. The van der Waals surface area contributed by atoms with Gasteiger partial charge in [0.15, 0.2) is 11.5 Å². The van der Waals surface area contributed by atoms with Crippen molar-refractivity contribution in [3.8, 4) is 23.0 Å². The van der Waals surface area contributed by atoms with Crippen LogP contribution in [0.1, 0.15) is 64.4 Å². The Morgan fingerprint density at radius 3 is 2.06 bits per heavy atom. The van der Waals surface area contributed by atoms with E-state index in [1.165, 1.54) is 0 Å². The van der Waals surface area contributed by atoms with Crippen LogP contribution in [0, 0.1) is 6.92 Å². The molecule has 256 valence electrons. The summed E-state index contributed by atoms with van der Waals surface area (Å²) < 4.78 is 24.0. The van der Waals surface area contributed by atoms with E-state index in [-0.39, 0.29) is 23.9 Å². The van der Waals surface area contributed by atoms with Crippen LogP contribution >= 0.6 is 23.2 Å². The molecule has 0 spiro atoms. The highest BCUT2D eigenvalue weighted by Crippen LogP contribution is 2.46. The van der Waals surface area contributed by atoms with Crippen LogP contribution in [0.25, 0.3) is 0 Å². The molecule has 0 saturated heterocycles. The Balaban J connectivity index is 1.43. The lowest BCUT2D eigenvalue weighted by Crippen LogP contribution is -2.11. The van der Waals surface area contributed by atoms with Gasteiger partial charge in [-0.15, -0.1) is 5.11 Å². The number of ether oxygens (including phenoxy) is 4. The number of esters is 2. The van der Waals surface area contributed by atoms with Crippen molar-refractivity contribution in [1.82, 2.24) is 0 Å². The molecule has 10 heteroatoms. The third-order valence-electron chi connectivity index (χ3n) is 7.46. The van der Waals surface area contributed by atoms with Gasteiger partial charge in [-0.25, -0.2) is 9.59 Å². The average Bonchev–Trinajstić information content (AvgIpc) is 3.12. The van der Waals surface area contributed by atoms with Crippen molar-refractivity contribution >= 4 is 46.5 Å². The first-order valence-electron chi connectivity index (χ1n) is 16.2. The maximum atomic E-state index is 13.2. The summed E-state index contributed by atoms with van der Waals surface area (Å²) in [4.78, 5) is 25.7. The molecule has 0 unspecified atom stereocenters. The summed E-state index contributed by atoms with van der Waals surface area (Å²) in [6.45, 7) is 4.58. The van der Waals surface area contributed by atoms with Crippen LogP contribution in [0.4, 0.5) is 11.4 Å². The molecule has 0 N–H and O–H groups in total. The molecule has 0 radical (unpaired) electrons. The molecule has 8 nitrogen and oxygen atoms in total. The lowest BCUT2D eigenvalue weighted by Gasteiger charge is -2.18. The van der Waals surface area contributed by atoms with Gasteiger partial charge in [0, 0.05) is 10.0 Å². The summed E-state index contributed by atoms with van der Waals surface area (Å²) >= 11 is 12.3. The summed E-state index contributed by atoms with van der Waals surface area (Å²) in [7, 11) is 0. The van der Waals surface area contributed by atoms with E-state index in [0.29, 0.717) is 44.9 Å². The third kappa shape index (κ3) is 10.4. The van der Waals surface area contributed by atoms with E-state index in [9.17, 15) is 9.59 Å². The van der Waals surface area contributed by atoms with E-state index >= 15 is 0 Å². The van der Waals surface area contributed by atoms with Crippen LogP contribution in [-0.4, -0.2) is 18.5 Å². The average molecular weight is 712 g/mol. The Bertz CT molecular complexity index is 1930. The van der Waals surface area contributed by atoms with Gasteiger partial charge in [0.2, 0.25) is 5.75 Å². The number of azo groups is 1. The molecule has 0 aromatic heterocycles. The molecule has 0 fully saturated rings. The number of hydrogen-bond donors (Lipinski definition) is 0. The molecule has 5 aromatic rings. The first-order chi connectivity index (χ1) is 24.3. The van der Waals surface area contributed by atoms with Gasteiger partial charge in [0.05, 0.1) is 23.4 Å². The topological polar surface area (TPSA) is 95.8 Å². The van der Waals surface area contributed by atoms with E-state index in [2.05, 4.69) is 17.2 Å². The van der Waals surface area contributed by atoms with Gasteiger partial charge in [0.25, 0.3) is 0 Å². The first-order valence-corrected chi connectivity index (χ1v) is 17.0. The number of carbonyl (C=O) groups excluding carboxylic acids is 2. The Morgan fingerprint density at radius 2 is 1.36 bits per heavy atom. The Morgan fingerprint density at radius 1 is 0.660 bits per heavy atom. The lowest BCUT2D eigenvalue weighted by molar-refractivity contribution is 0.0720. The summed E-state index contributed by atoms with van der Waals surface area (Å²) in [5.74, 6) is -0.0448. The van der Waals surface area contributed by atoms with Crippen molar-refractivity contribution in [1.29, 1.82) is 0 Å². The first kappa shape index (κ1) is 36.1. The maximum absolute atomic E-state index is 13.2. The Labute approximate surface area is 301 Å². The van der Waals surface area contributed by atoms with Gasteiger partial charge in [0.1, 0.15) is 18.0 Å². The normalized spacial score (nSPS) is 11.0. The van der Waals surface area contributed by atoms with E-state index in [1.807, 2.05) is 31.2 Å². The quantitative estimate of drug-likeness (QED) is 0.0464. The predicted octanol–water partition coefficient (Wildman–Crippen LogP) is 11.7. The highest BCUT2D eigenvalue weighted by atomic mass is 35.5. The number of benzene rings is 5. The number of nitrogens with zero attached hydrogens (tertiary/aromatic N) is 2. The third-order valence-corrected chi connectivity index (χ3v) is 7.95. The summed E-state index contributed by atoms with van der Waals surface area (Å²) in [6, 6.07) is 30.7. The van der Waals surface area contributed by atoms with Gasteiger partial charge in [-0.05, 0) is 104 Å². The summed E-state index contributed by atoms with van der Waals surface area (Å²) in [6.07, 6.45) is 3.91. The molecule has 0 bridgehead atoms. The van der Waals surface area contributed by atoms with Gasteiger partial charge in [-0.2, -0.15) is 5.11 Å². The van der Waals surface area contributed by atoms with Crippen LogP contribution < -0.4 is 18.9 Å². The number of hydrogen-bond acceptors (Lipinski definition) is 8. The molecule has 0 aliphatic heterocycles. The second-order valence-corrected chi connectivity index (χ2v) is 12.3. The van der Waals surface area contributed by atoms with E-state index in [4.69, 9.17) is 42.1 Å². The smallest absolute Gasteiger partial charge is 0.343 e. The summed E-state index contributed by atoms with van der Waals surface area (Å²) in [5, 5.41) is 9.97. The van der Waals surface area contributed by atoms with Crippen LogP contribution in [0.15, 0.2) is 119 Å². The number of halogens is 2. The predicted molar refractivity (Wildman–Crippen MR) is 195 cm³/mol. The fraction of sp³-hybridized carbons (Fsp3) is 0.200. The molecule has 0 amide bonds. The zero-order valence-corrected chi connectivity index (χ0v) is 29.2. The van der Waals surface area contributed by atoms with Crippen molar-refractivity contribution < 1.29 is 28.5 Å². The molecular weight excluding hydrogens is 675 g/mol. The van der Waals surface area contributed by atoms with Crippen molar-refractivity contribution in [2.45, 2.75) is 46.1 Å². The molecule has 5 aromatic carbocycles. The highest BCUT2D eigenvalue weighted by molar-refractivity contribution is 6.30. The Kier molecular flexibility index (Phi) is 13.0. The fourth-order valence-corrected chi connectivity index (χ4v) is 5.09. The maximum Gasteiger partial charge on any atom is 0.343 e. The fourth-order valence-electron chi connectivity index (χ4n) is 4.75. The van der Waals surface area contributed by atoms with Crippen LogP contribution in [0.3, 0.4) is 0 Å². The minimum atomic E-state index is -0.587. The van der Waals surface area contributed by atoms with Crippen LogP contribution in [0.2, 0.25) is 10.0 Å². The van der Waals surface area contributed by atoms with Gasteiger partial charge < -0.3 is 18.9 Å². The van der Waals surface area contributed by atoms with Gasteiger partial charge in [-0.1, -0.05) is 79.2 Å². The molecule has 0 aliphatic carbocycles.